The third-order valence-corrected chi connectivity index (χ3v) is 5.27. The van der Waals surface area contributed by atoms with Crippen LogP contribution in [0.15, 0.2) is 17.1 Å². The molecule has 1 aromatic carbocycles. The third kappa shape index (κ3) is 8.53. The van der Waals surface area contributed by atoms with Crippen LogP contribution in [0.1, 0.15) is 25.8 Å². The number of hydrogen-bond donors (Lipinski definition) is 2. The van der Waals surface area contributed by atoms with Crippen LogP contribution in [0.5, 0.6) is 17.2 Å². The Kier molecular flexibility index (Phi) is 13.0. The van der Waals surface area contributed by atoms with E-state index in [0.717, 1.165) is 56.5 Å². The molecule has 1 aliphatic heterocycles. The van der Waals surface area contributed by atoms with Crippen LogP contribution in [-0.4, -0.2) is 78.1 Å². The van der Waals surface area contributed by atoms with Gasteiger partial charge in [0.05, 0.1) is 34.5 Å². The van der Waals surface area contributed by atoms with E-state index in [0.29, 0.717) is 30.0 Å². The number of ether oxygens (including phenoxy) is 4. The monoisotopic (exact) mass is 550 g/mol. The molecule has 1 unspecified atom stereocenters. The van der Waals surface area contributed by atoms with Crippen molar-refractivity contribution < 1.29 is 18.9 Å². The maximum absolute atomic E-state index is 5.52. The van der Waals surface area contributed by atoms with E-state index in [1.54, 1.807) is 28.4 Å². The van der Waals surface area contributed by atoms with Crippen molar-refractivity contribution >= 4 is 29.9 Å². The molecule has 0 bridgehead atoms. The van der Waals surface area contributed by atoms with Crippen LogP contribution >= 0.6 is 24.0 Å². The van der Waals surface area contributed by atoms with Gasteiger partial charge in [-0.05, 0) is 18.4 Å². The molecule has 2 rings (SSSR count). The molecule has 0 aliphatic carbocycles. The van der Waals surface area contributed by atoms with Gasteiger partial charge >= 0.3 is 0 Å². The molecule has 0 amide bonds. The van der Waals surface area contributed by atoms with E-state index < -0.39 is 0 Å². The lowest BCUT2D eigenvalue weighted by Gasteiger charge is -2.35. The second-order valence-electron chi connectivity index (χ2n) is 7.76. The van der Waals surface area contributed by atoms with E-state index in [1.165, 1.54) is 0 Å². The number of aliphatic imine (C=N–C) groups is 1. The highest BCUT2D eigenvalue weighted by molar-refractivity contribution is 14.0. The Labute approximate surface area is 204 Å². The first-order valence-corrected chi connectivity index (χ1v) is 10.6. The molecule has 31 heavy (non-hydrogen) atoms. The molecule has 1 saturated heterocycles. The summed E-state index contributed by atoms with van der Waals surface area (Å²) in [5.41, 5.74) is 0.963. The second kappa shape index (κ2) is 14.6. The molecule has 0 saturated carbocycles. The molecule has 1 atom stereocenters. The molecule has 1 aromatic rings. The van der Waals surface area contributed by atoms with E-state index in [1.807, 2.05) is 12.1 Å². The Balaban J connectivity index is 0.00000480. The average molecular weight is 550 g/mol. The fourth-order valence-electron chi connectivity index (χ4n) is 3.69. The number of hydrogen-bond acceptors (Lipinski definition) is 6. The summed E-state index contributed by atoms with van der Waals surface area (Å²) in [6, 6.07) is 4.21. The van der Waals surface area contributed by atoms with Crippen LogP contribution in [0.2, 0.25) is 0 Å². The first-order chi connectivity index (χ1) is 14.5. The van der Waals surface area contributed by atoms with Gasteiger partial charge in [0.15, 0.2) is 17.5 Å². The molecule has 0 radical (unpaired) electrons. The predicted octanol–water partition coefficient (Wildman–Crippen LogP) is 2.74. The lowest BCUT2D eigenvalue weighted by Crippen LogP contribution is -2.51. The maximum atomic E-state index is 5.52. The van der Waals surface area contributed by atoms with Gasteiger partial charge in [-0.25, -0.2) is 0 Å². The lowest BCUT2D eigenvalue weighted by molar-refractivity contribution is 0.0132. The van der Waals surface area contributed by atoms with E-state index in [4.69, 9.17) is 18.9 Å². The molecule has 0 aromatic heterocycles. The Hall–Kier alpha value is -1.46. The molecule has 8 nitrogen and oxygen atoms in total. The van der Waals surface area contributed by atoms with Gasteiger partial charge in [-0.3, -0.25) is 9.89 Å². The van der Waals surface area contributed by atoms with Crippen LogP contribution in [0.4, 0.5) is 0 Å². The van der Waals surface area contributed by atoms with Crippen molar-refractivity contribution in [1.82, 2.24) is 15.5 Å². The summed E-state index contributed by atoms with van der Waals surface area (Å²) < 4.78 is 21.8. The number of halogens is 1. The normalized spacial score (nSPS) is 15.8. The van der Waals surface area contributed by atoms with E-state index in [2.05, 4.69) is 34.4 Å². The van der Waals surface area contributed by atoms with Gasteiger partial charge in [-0.2, -0.15) is 0 Å². The summed E-state index contributed by atoms with van der Waals surface area (Å²) in [5, 5.41) is 6.87. The molecule has 9 heteroatoms. The number of nitrogens with one attached hydrogen (secondary N) is 2. The number of rotatable bonds is 10. The van der Waals surface area contributed by atoms with Crippen LogP contribution in [0.3, 0.4) is 0 Å². The van der Waals surface area contributed by atoms with Crippen molar-refractivity contribution in [3.05, 3.63) is 17.7 Å². The summed E-state index contributed by atoms with van der Waals surface area (Å²) in [7, 11) is 6.68. The third-order valence-electron chi connectivity index (χ3n) is 5.27. The molecule has 1 fully saturated rings. The topological polar surface area (TPSA) is 76.6 Å². The van der Waals surface area contributed by atoms with Crippen LogP contribution in [0, 0.1) is 5.92 Å². The van der Waals surface area contributed by atoms with Crippen LogP contribution in [-0.2, 0) is 11.3 Å². The smallest absolute Gasteiger partial charge is 0.191 e. The zero-order chi connectivity index (χ0) is 21.9. The number of guanidine groups is 1. The van der Waals surface area contributed by atoms with E-state index >= 15 is 0 Å². The largest absolute Gasteiger partial charge is 0.496 e. The fourth-order valence-corrected chi connectivity index (χ4v) is 3.69. The van der Waals surface area contributed by atoms with Crippen LogP contribution in [0.25, 0.3) is 0 Å². The quantitative estimate of drug-likeness (QED) is 0.264. The van der Waals surface area contributed by atoms with E-state index in [-0.39, 0.29) is 24.0 Å². The van der Waals surface area contributed by atoms with Gasteiger partial charge < -0.3 is 29.6 Å². The summed E-state index contributed by atoms with van der Waals surface area (Å²) in [6.45, 7) is 9.49. The molecular weight excluding hydrogens is 511 g/mol. The second-order valence-corrected chi connectivity index (χ2v) is 7.76. The minimum atomic E-state index is 0. The van der Waals surface area contributed by atoms with Crippen molar-refractivity contribution in [2.45, 2.75) is 32.9 Å². The Bertz CT molecular complexity index is 682. The Morgan fingerprint density at radius 2 is 1.65 bits per heavy atom. The SMILES string of the molecule is CN=C(NCc1cc(OC)c(OC)cc1OC)NCC(CC(C)C)N1CCOCC1.I. The number of morpholine rings is 1. The van der Waals surface area contributed by atoms with E-state index in [9.17, 15) is 0 Å². The van der Waals surface area contributed by atoms with Crippen molar-refractivity contribution in [2.75, 3.05) is 61.2 Å². The minimum Gasteiger partial charge on any atom is -0.496 e. The van der Waals surface area contributed by atoms with Gasteiger partial charge in [0, 0.05) is 50.9 Å². The first-order valence-electron chi connectivity index (χ1n) is 10.6. The highest BCUT2D eigenvalue weighted by Crippen LogP contribution is 2.34. The molecule has 178 valence electrons. The Morgan fingerprint density at radius 1 is 1.03 bits per heavy atom. The molecule has 2 N–H and O–H groups in total. The highest BCUT2D eigenvalue weighted by atomic mass is 127. The van der Waals surface area contributed by atoms with Crippen molar-refractivity contribution in [2.24, 2.45) is 10.9 Å². The number of nitrogens with zero attached hydrogens (tertiary/aromatic N) is 2. The van der Waals surface area contributed by atoms with Gasteiger partial charge in [-0.15, -0.1) is 24.0 Å². The summed E-state index contributed by atoms with van der Waals surface area (Å²) in [6.07, 6.45) is 1.13. The standard InChI is InChI=1S/C22H38N4O4.HI/c1-16(2)11-18(26-7-9-30-10-8-26)15-25-22(23-3)24-14-17-12-20(28-5)21(29-6)13-19(17)27-4;/h12-13,16,18H,7-11,14-15H2,1-6H3,(H2,23,24,25);1H. The number of benzene rings is 1. The lowest BCUT2D eigenvalue weighted by atomic mass is 10.0. The first kappa shape index (κ1) is 27.6. The molecular formula is C22H39IN4O4. The zero-order valence-electron chi connectivity index (χ0n) is 19.7. The average Bonchev–Trinajstić information content (AvgIpc) is 2.77. The maximum Gasteiger partial charge on any atom is 0.191 e. The highest BCUT2D eigenvalue weighted by Gasteiger charge is 2.22. The van der Waals surface area contributed by atoms with Crippen molar-refractivity contribution in [1.29, 1.82) is 0 Å². The Morgan fingerprint density at radius 3 is 2.19 bits per heavy atom. The van der Waals surface area contributed by atoms with Crippen molar-refractivity contribution in [3.8, 4) is 17.2 Å². The molecule has 1 heterocycles. The summed E-state index contributed by atoms with van der Waals surface area (Å²) in [5.74, 6) is 3.44. The predicted molar refractivity (Wildman–Crippen MR) is 135 cm³/mol. The van der Waals surface area contributed by atoms with Gasteiger partial charge in [0.25, 0.3) is 0 Å². The fraction of sp³-hybridized carbons (Fsp3) is 0.682. The zero-order valence-corrected chi connectivity index (χ0v) is 22.0. The molecule has 1 aliphatic rings. The molecule has 0 spiro atoms. The minimum absolute atomic E-state index is 0. The number of methoxy groups -OCH3 is 3. The van der Waals surface area contributed by atoms with Gasteiger partial charge in [0.2, 0.25) is 0 Å². The van der Waals surface area contributed by atoms with Crippen LogP contribution < -0.4 is 24.8 Å². The van der Waals surface area contributed by atoms with Crippen molar-refractivity contribution in [3.63, 3.8) is 0 Å². The summed E-state index contributed by atoms with van der Waals surface area (Å²) >= 11 is 0. The van der Waals surface area contributed by atoms with Gasteiger partial charge in [-0.1, -0.05) is 13.8 Å². The van der Waals surface area contributed by atoms with Gasteiger partial charge in [0.1, 0.15) is 5.75 Å². The summed E-state index contributed by atoms with van der Waals surface area (Å²) in [4.78, 5) is 6.90.